The Labute approximate surface area is 83.6 Å². The topological polar surface area (TPSA) is 37.3 Å². The number of hydrogen-bond acceptors (Lipinski definition) is 2. The number of carbonyl (C=O) groups is 1. The van der Waals surface area contributed by atoms with Gasteiger partial charge in [-0.05, 0) is 25.0 Å². The maximum Gasteiger partial charge on any atom is 0.169 e. The third kappa shape index (κ3) is 1.65. The van der Waals surface area contributed by atoms with Crippen LogP contribution in [-0.2, 0) is 0 Å². The quantitative estimate of drug-likeness (QED) is 0.728. The van der Waals surface area contributed by atoms with E-state index in [2.05, 4.69) is 0 Å². The van der Waals surface area contributed by atoms with Gasteiger partial charge >= 0.3 is 0 Å². The van der Waals surface area contributed by atoms with Crippen molar-refractivity contribution in [2.75, 3.05) is 0 Å². The number of benzene rings is 1. The van der Waals surface area contributed by atoms with Crippen LogP contribution in [0, 0.1) is 5.92 Å². The molecule has 1 N–H and O–H groups in total. The fourth-order valence-electron chi connectivity index (χ4n) is 2.09. The first-order valence-corrected chi connectivity index (χ1v) is 5.11. The third-order valence-corrected chi connectivity index (χ3v) is 2.90. The highest BCUT2D eigenvalue weighted by atomic mass is 16.3. The number of Topliss-reactive ketones (excluding diaryl/α,β-unsaturated/α-hetero) is 1. The maximum absolute atomic E-state index is 11.9. The van der Waals surface area contributed by atoms with Crippen molar-refractivity contribution in [2.24, 2.45) is 5.92 Å². The molecule has 0 spiro atoms. The molecular weight excluding hydrogens is 176 g/mol. The molecule has 0 heterocycles. The Balaban J connectivity index is 2.22. The van der Waals surface area contributed by atoms with Crippen LogP contribution in [-0.4, -0.2) is 10.9 Å². The van der Waals surface area contributed by atoms with Gasteiger partial charge in [0.25, 0.3) is 0 Å². The number of aromatic hydroxyl groups is 1. The van der Waals surface area contributed by atoms with Gasteiger partial charge in [-0.3, -0.25) is 4.79 Å². The Bertz CT molecular complexity index is 338. The molecule has 0 unspecified atom stereocenters. The molecule has 1 aromatic carbocycles. The first-order valence-electron chi connectivity index (χ1n) is 5.11. The SMILES string of the molecule is O=C(c1ccccc1O)C1CCCC1. The van der Waals surface area contributed by atoms with E-state index in [9.17, 15) is 9.90 Å². The van der Waals surface area contributed by atoms with Crippen molar-refractivity contribution >= 4 is 5.78 Å². The zero-order chi connectivity index (χ0) is 9.97. The molecule has 0 saturated heterocycles. The van der Waals surface area contributed by atoms with E-state index in [4.69, 9.17) is 0 Å². The maximum atomic E-state index is 11.9. The summed E-state index contributed by atoms with van der Waals surface area (Å²) in [6, 6.07) is 6.81. The highest BCUT2D eigenvalue weighted by Gasteiger charge is 2.25. The molecule has 0 radical (unpaired) electrons. The smallest absolute Gasteiger partial charge is 0.169 e. The second-order valence-corrected chi connectivity index (χ2v) is 3.86. The van der Waals surface area contributed by atoms with Gasteiger partial charge in [0, 0.05) is 5.92 Å². The minimum absolute atomic E-state index is 0.112. The number of rotatable bonds is 2. The molecule has 1 fully saturated rings. The van der Waals surface area contributed by atoms with Crippen molar-refractivity contribution in [3.63, 3.8) is 0 Å². The fourth-order valence-corrected chi connectivity index (χ4v) is 2.09. The van der Waals surface area contributed by atoms with Crippen molar-refractivity contribution in [1.82, 2.24) is 0 Å². The lowest BCUT2D eigenvalue weighted by Crippen LogP contribution is -2.10. The van der Waals surface area contributed by atoms with Crippen LogP contribution in [0.3, 0.4) is 0 Å². The number of para-hydroxylation sites is 1. The molecule has 74 valence electrons. The first-order chi connectivity index (χ1) is 6.79. The van der Waals surface area contributed by atoms with E-state index in [0.717, 1.165) is 25.7 Å². The van der Waals surface area contributed by atoms with Crippen molar-refractivity contribution in [3.8, 4) is 5.75 Å². The summed E-state index contributed by atoms with van der Waals surface area (Å²) in [6.45, 7) is 0. The van der Waals surface area contributed by atoms with Crippen LogP contribution in [0.5, 0.6) is 5.75 Å². The van der Waals surface area contributed by atoms with Gasteiger partial charge in [-0.1, -0.05) is 25.0 Å². The summed E-state index contributed by atoms with van der Waals surface area (Å²) < 4.78 is 0. The number of hydrogen-bond donors (Lipinski definition) is 1. The Morgan fingerprint density at radius 3 is 2.50 bits per heavy atom. The third-order valence-electron chi connectivity index (χ3n) is 2.90. The van der Waals surface area contributed by atoms with Gasteiger partial charge in [-0.25, -0.2) is 0 Å². The van der Waals surface area contributed by atoms with Gasteiger partial charge < -0.3 is 5.11 Å². The summed E-state index contributed by atoms with van der Waals surface area (Å²) in [7, 11) is 0. The molecule has 0 aromatic heterocycles. The van der Waals surface area contributed by atoms with Crippen molar-refractivity contribution in [2.45, 2.75) is 25.7 Å². The first kappa shape index (κ1) is 9.25. The monoisotopic (exact) mass is 190 g/mol. The molecule has 2 nitrogen and oxygen atoms in total. The predicted molar refractivity (Wildman–Crippen MR) is 54.4 cm³/mol. The molecule has 1 aromatic rings. The average molecular weight is 190 g/mol. The predicted octanol–water partition coefficient (Wildman–Crippen LogP) is 2.77. The fraction of sp³-hybridized carbons (Fsp3) is 0.417. The molecule has 0 atom stereocenters. The highest BCUT2D eigenvalue weighted by Crippen LogP contribution is 2.30. The van der Waals surface area contributed by atoms with Crippen LogP contribution in [0.15, 0.2) is 24.3 Å². The van der Waals surface area contributed by atoms with Crippen molar-refractivity contribution < 1.29 is 9.90 Å². The average Bonchev–Trinajstić information content (AvgIpc) is 2.70. The second kappa shape index (κ2) is 3.82. The van der Waals surface area contributed by atoms with E-state index < -0.39 is 0 Å². The molecule has 1 aliphatic carbocycles. The Morgan fingerprint density at radius 1 is 1.21 bits per heavy atom. The van der Waals surface area contributed by atoms with Gasteiger partial charge in [-0.2, -0.15) is 0 Å². The summed E-state index contributed by atoms with van der Waals surface area (Å²) in [5, 5.41) is 9.52. The van der Waals surface area contributed by atoms with Gasteiger partial charge in [0.1, 0.15) is 5.75 Å². The van der Waals surface area contributed by atoms with Gasteiger partial charge in [0.05, 0.1) is 5.56 Å². The van der Waals surface area contributed by atoms with E-state index in [0.29, 0.717) is 5.56 Å². The largest absolute Gasteiger partial charge is 0.507 e. The van der Waals surface area contributed by atoms with E-state index in [1.165, 1.54) is 0 Å². The zero-order valence-electron chi connectivity index (χ0n) is 8.07. The van der Waals surface area contributed by atoms with E-state index in [1.807, 2.05) is 0 Å². The Hall–Kier alpha value is -1.31. The van der Waals surface area contributed by atoms with E-state index >= 15 is 0 Å². The van der Waals surface area contributed by atoms with Crippen LogP contribution < -0.4 is 0 Å². The number of carbonyl (C=O) groups excluding carboxylic acids is 1. The zero-order valence-corrected chi connectivity index (χ0v) is 8.07. The van der Waals surface area contributed by atoms with Gasteiger partial charge in [0.15, 0.2) is 5.78 Å². The van der Waals surface area contributed by atoms with Crippen LogP contribution in [0.1, 0.15) is 36.0 Å². The Morgan fingerprint density at radius 2 is 1.86 bits per heavy atom. The molecule has 1 aliphatic rings. The lowest BCUT2D eigenvalue weighted by molar-refractivity contribution is 0.0920. The summed E-state index contributed by atoms with van der Waals surface area (Å²) in [5.74, 6) is 0.369. The molecule has 0 amide bonds. The van der Waals surface area contributed by atoms with E-state index in [-0.39, 0.29) is 17.5 Å². The lowest BCUT2D eigenvalue weighted by atomic mass is 9.96. The highest BCUT2D eigenvalue weighted by molar-refractivity contribution is 6.00. The van der Waals surface area contributed by atoms with Crippen LogP contribution >= 0.6 is 0 Å². The molecule has 2 heteroatoms. The lowest BCUT2D eigenvalue weighted by Gasteiger charge is -2.08. The number of phenols is 1. The summed E-state index contributed by atoms with van der Waals surface area (Å²) in [6.07, 6.45) is 4.24. The van der Waals surface area contributed by atoms with Crippen molar-refractivity contribution in [1.29, 1.82) is 0 Å². The summed E-state index contributed by atoms with van der Waals surface area (Å²) >= 11 is 0. The van der Waals surface area contributed by atoms with Crippen molar-refractivity contribution in [3.05, 3.63) is 29.8 Å². The van der Waals surface area contributed by atoms with Gasteiger partial charge in [0.2, 0.25) is 0 Å². The molecule has 14 heavy (non-hydrogen) atoms. The van der Waals surface area contributed by atoms with E-state index in [1.54, 1.807) is 24.3 Å². The van der Waals surface area contributed by atoms with Crippen LogP contribution in [0.25, 0.3) is 0 Å². The molecule has 0 bridgehead atoms. The summed E-state index contributed by atoms with van der Waals surface area (Å²) in [4.78, 5) is 11.9. The summed E-state index contributed by atoms with van der Waals surface area (Å²) in [5.41, 5.74) is 0.486. The second-order valence-electron chi connectivity index (χ2n) is 3.86. The van der Waals surface area contributed by atoms with Crippen LogP contribution in [0.2, 0.25) is 0 Å². The molecule has 2 rings (SSSR count). The minimum Gasteiger partial charge on any atom is -0.507 e. The number of phenolic OH excluding ortho intramolecular Hbond substituents is 1. The van der Waals surface area contributed by atoms with Crippen LogP contribution in [0.4, 0.5) is 0 Å². The van der Waals surface area contributed by atoms with Gasteiger partial charge in [-0.15, -0.1) is 0 Å². The minimum atomic E-state index is 0.112. The Kier molecular flexibility index (Phi) is 2.53. The molecule has 1 saturated carbocycles. The molecular formula is C12H14O2. The standard InChI is InChI=1S/C12H14O2/c13-11-8-4-3-7-10(11)12(14)9-5-1-2-6-9/h3-4,7-9,13H,1-2,5-6H2. The normalized spacial score (nSPS) is 17.1. The number of ketones is 1. The molecule has 0 aliphatic heterocycles.